The Morgan fingerprint density at radius 1 is 0.864 bits per heavy atom. The van der Waals surface area contributed by atoms with Crippen LogP contribution in [0.1, 0.15) is 58.3 Å². The number of esters is 1. The maximum Gasteiger partial charge on any atom is 0.324 e. The second-order valence-electron chi connectivity index (χ2n) is 14.8. The number of benzene rings is 5. The van der Waals surface area contributed by atoms with Crippen LogP contribution >= 0.6 is 0 Å². The number of rotatable bonds is 10. The van der Waals surface area contributed by atoms with E-state index < -0.39 is 53.3 Å². The van der Waals surface area contributed by atoms with Gasteiger partial charge in [-0.2, -0.15) is 0 Å². The number of aromatic nitrogens is 2. The lowest BCUT2D eigenvalue weighted by Crippen LogP contribution is -2.54. The van der Waals surface area contributed by atoms with Gasteiger partial charge in [0.05, 0.1) is 48.8 Å². The van der Waals surface area contributed by atoms with E-state index in [4.69, 9.17) is 9.47 Å². The Hall–Kier alpha value is -6.78. The molecule has 0 unspecified atom stereocenters. The molecule has 0 aliphatic carbocycles. The van der Waals surface area contributed by atoms with Crippen LogP contribution in [0, 0.1) is 17.8 Å². The molecular weight excluding hydrogens is 747 g/mol. The highest BCUT2D eigenvalue weighted by atomic mass is 16.6. The molecule has 6 aromatic rings. The van der Waals surface area contributed by atoms with Crippen LogP contribution in [-0.4, -0.2) is 68.7 Å². The smallest absolute Gasteiger partial charge is 0.324 e. The molecule has 4 heterocycles. The van der Waals surface area contributed by atoms with Gasteiger partial charge in [0.1, 0.15) is 35.7 Å². The molecule has 0 bridgehead atoms. The third-order valence-electron chi connectivity index (χ3n) is 11.5. The topological polar surface area (TPSA) is 166 Å². The summed E-state index contributed by atoms with van der Waals surface area (Å²) in [5, 5.41) is 25.6. The quantitative estimate of drug-likeness (QED) is 0.0921. The number of carbonyl (C=O) groups is 3. The molecule has 9 rings (SSSR count). The predicted molar refractivity (Wildman–Crippen MR) is 219 cm³/mol. The van der Waals surface area contributed by atoms with Gasteiger partial charge in [-0.05, 0) is 53.1 Å². The number of aliphatic hydroxyl groups is 2. The Kier molecular flexibility index (Phi) is 10.2. The standard InChI is InChI=1S/C47H41N5O7/c53-24-12-11-13-29-22-23-34-33(27-29)47(46(57)51-34)39(44(55)48-28-38-49-35-19-8-9-20-36(35)50-38)41-45(56)59-42(31-16-5-2-6-17-31)40(30-14-3-1-4-15-30)52(41)43(47)32-18-7-10-21-37(32)58-26-25-54/h1-10,14-23,27,39-43,53-54H,12,24-26,28H2,(H,48,55)(H,49,50)(H,51,57)/t39-,40-,41-,42+,43+,47-/m0/s1. The highest BCUT2D eigenvalue weighted by molar-refractivity contribution is 6.12. The first-order valence-corrected chi connectivity index (χ1v) is 19.6. The van der Waals surface area contributed by atoms with Crippen LogP contribution in [-0.2, 0) is 31.1 Å². The van der Waals surface area contributed by atoms with Crippen LogP contribution in [0.4, 0.5) is 5.69 Å². The zero-order valence-corrected chi connectivity index (χ0v) is 31.9. The highest BCUT2D eigenvalue weighted by Crippen LogP contribution is 2.65. The Morgan fingerprint density at radius 2 is 1.59 bits per heavy atom. The number of imidazole rings is 1. The van der Waals surface area contributed by atoms with E-state index in [0.29, 0.717) is 34.0 Å². The van der Waals surface area contributed by atoms with Crippen molar-refractivity contribution in [2.75, 3.05) is 25.1 Å². The average Bonchev–Trinajstić information content (AvgIpc) is 3.93. The Balaban J connectivity index is 1.31. The zero-order valence-electron chi connectivity index (χ0n) is 31.9. The molecule has 6 atom stereocenters. The van der Waals surface area contributed by atoms with Gasteiger partial charge >= 0.3 is 5.97 Å². The maximum atomic E-state index is 15.4. The fourth-order valence-corrected chi connectivity index (χ4v) is 9.23. The molecule has 59 heavy (non-hydrogen) atoms. The van der Waals surface area contributed by atoms with Crippen molar-refractivity contribution in [3.63, 3.8) is 0 Å². The van der Waals surface area contributed by atoms with Gasteiger partial charge in [0.2, 0.25) is 11.8 Å². The predicted octanol–water partition coefficient (Wildman–Crippen LogP) is 5.26. The molecule has 5 N–H and O–H groups in total. The lowest BCUT2D eigenvalue weighted by Gasteiger charge is -2.46. The van der Waals surface area contributed by atoms with Crippen molar-refractivity contribution in [1.29, 1.82) is 0 Å². The number of fused-ring (bicyclic) bond motifs is 4. The first-order chi connectivity index (χ1) is 28.9. The summed E-state index contributed by atoms with van der Waals surface area (Å²) in [6, 6.07) is 36.2. The molecule has 3 aliphatic heterocycles. The Morgan fingerprint density at radius 3 is 2.36 bits per heavy atom. The van der Waals surface area contributed by atoms with Crippen molar-refractivity contribution in [1.82, 2.24) is 20.2 Å². The largest absolute Gasteiger partial charge is 0.491 e. The normalized spacial score (nSPS) is 23.2. The number of amides is 2. The van der Waals surface area contributed by atoms with Crippen LogP contribution in [0.3, 0.4) is 0 Å². The number of ether oxygens (including phenoxy) is 2. The minimum atomic E-state index is -1.77. The van der Waals surface area contributed by atoms with E-state index in [1.165, 1.54) is 0 Å². The van der Waals surface area contributed by atoms with Crippen molar-refractivity contribution < 1.29 is 34.1 Å². The monoisotopic (exact) mass is 787 g/mol. The van der Waals surface area contributed by atoms with Gasteiger partial charge < -0.3 is 35.3 Å². The summed E-state index contributed by atoms with van der Waals surface area (Å²) in [6.07, 6.45) is -0.601. The zero-order chi connectivity index (χ0) is 40.5. The van der Waals surface area contributed by atoms with Crippen molar-refractivity contribution in [2.24, 2.45) is 5.92 Å². The number of hydrogen-bond donors (Lipinski definition) is 5. The van der Waals surface area contributed by atoms with Gasteiger partial charge in [-0.15, -0.1) is 0 Å². The summed E-state index contributed by atoms with van der Waals surface area (Å²) in [5.41, 5.74) is 3.35. The number of para-hydroxylation sites is 3. The molecule has 296 valence electrons. The van der Waals surface area contributed by atoms with Crippen LogP contribution in [0.5, 0.6) is 5.75 Å². The van der Waals surface area contributed by atoms with Gasteiger partial charge in [0, 0.05) is 23.2 Å². The second kappa shape index (κ2) is 15.9. The molecule has 1 aromatic heterocycles. The van der Waals surface area contributed by atoms with Crippen LogP contribution < -0.4 is 15.4 Å². The molecule has 2 fully saturated rings. The Bertz CT molecular complexity index is 2570. The third kappa shape index (κ3) is 6.50. The van der Waals surface area contributed by atoms with E-state index in [0.717, 1.165) is 22.2 Å². The fourth-order valence-electron chi connectivity index (χ4n) is 9.23. The minimum Gasteiger partial charge on any atom is -0.491 e. The van der Waals surface area contributed by atoms with Crippen LogP contribution in [0.25, 0.3) is 11.0 Å². The molecule has 1 spiro atoms. The van der Waals surface area contributed by atoms with E-state index in [2.05, 4.69) is 32.4 Å². The highest BCUT2D eigenvalue weighted by Gasteiger charge is 2.74. The third-order valence-corrected chi connectivity index (χ3v) is 11.5. The first-order valence-electron chi connectivity index (χ1n) is 19.6. The Labute approximate surface area is 340 Å². The van der Waals surface area contributed by atoms with Crippen molar-refractivity contribution in [3.05, 3.63) is 161 Å². The molecule has 3 aliphatic rings. The van der Waals surface area contributed by atoms with E-state index >= 15 is 14.4 Å². The van der Waals surface area contributed by atoms with E-state index in [1.807, 2.05) is 102 Å². The molecule has 5 aromatic carbocycles. The number of anilines is 1. The minimum absolute atomic E-state index is 0.0152. The number of aromatic amines is 1. The van der Waals surface area contributed by atoms with E-state index in [9.17, 15) is 10.2 Å². The SMILES string of the molecule is O=C1O[C@H](c2ccccc2)[C@H](c2ccccc2)N2[C@H]1[C@@H](C(=O)NCc1nc3ccccc3[nH]1)[C@]1(C(=O)Nc3ccc(C#CCCO)cc31)[C@H]2c1ccccc1OCCO. The number of cyclic esters (lactones) is 1. The molecule has 2 amide bonds. The number of H-pyrrole nitrogens is 1. The maximum absolute atomic E-state index is 15.4. The summed E-state index contributed by atoms with van der Waals surface area (Å²) in [5.74, 6) is 3.91. The number of morpholine rings is 1. The number of nitrogens with one attached hydrogen (secondary N) is 3. The molecule has 12 heteroatoms. The van der Waals surface area contributed by atoms with Gasteiger partial charge in [-0.25, -0.2) is 4.98 Å². The molecule has 2 saturated heterocycles. The summed E-state index contributed by atoms with van der Waals surface area (Å²) >= 11 is 0. The average molecular weight is 788 g/mol. The van der Waals surface area contributed by atoms with Crippen molar-refractivity contribution >= 4 is 34.5 Å². The van der Waals surface area contributed by atoms with Crippen LogP contribution in [0.15, 0.2) is 127 Å². The fraction of sp³-hybridized carbons (Fsp3) is 0.234. The van der Waals surface area contributed by atoms with Gasteiger partial charge in [-0.3, -0.25) is 19.3 Å². The summed E-state index contributed by atoms with van der Waals surface area (Å²) in [4.78, 5) is 55.8. The van der Waals surface area contributed by atoms with E-state index in [-0.39, 0.29) is 32.8 Å². The van der Waals surface area contributed by atoms with E-state index in [1.54, 1.807) is 30.3 Å². The number of nitrogens with zero attached hydrogens (tertiary/aromatic N) is 2. The summed E-state index contributed by atoms with van der Waals surface area (Å²) in [6.45, 7) is -0.438. The number of carbonyl (C=O) groups excluding carboxylic acids is 3. The van der Waals surface area contributed by atoms with Crippen molar-refractivity contribution in [3.8, 4) is 17.6 Å². The lowest BCUT2D eigenvalue weighted by molar-refractivity contribution is -0.178. The van der Waals surface area contributed by atoms with Gasteiger partial charge in [-0.1, -0.05) is 103 Å². The number of hydrogen-bond acceptors (Lipinski definition) is 9. The van der Waals surface area contributed by atoms with Gasteiger partial charge in [0.25, 0.3) is 0 Å². The lowest BCUT2D eigenvalue weighted by atomic mass is 9.65. The molecule has 12 nitrogen and oxygen atoms in total. The molecule has 0 radical (unpaired) electrons. The first kappa shape index (κ1) is 37.8. The summed E-state index contributed by atoms with van der Waals surface area (Å²) < 4.78 is 12.7. The number of aliphatic hydroxyl groups excluding tert-OH is 2. The second-order valence-corrected chi connectivity index (χ2v) is 14.8. The van der Waals surface area contributed by atoms with Crippen LogP contribution in [0.2, 0.25) is 0 Å². The summed E-state index contributed by atoms with van der Waals surface area (Å²) in [7, 11) is 0. The molecular formula is C47H41N5O7. The molecule has 0 saturated carbocycles. The van der Waals surface area contributed by atoms with Crippen molar-refractivity contribution in [2.45, 2.75) is 42.6 Å². The van der Waals surface area contributed by atoms with Gasteiger partial charge in [0.15, 0.2) is 0 Å².